The smallest absolute Gasteiger partial charge is 0.243 e. The van der Waals surface area contributed by atoms with Gasteiger partial charge in [0, 0.05) is 31.9 Å². The lowest BCUT2D eigenvalue weighted by Crippen LogP contribution is -2.44. The van der Waals surface area contributed by atoms with Crippen molar-refractivity contribution in [1.82, 2.24) is 8.61 Å². The number of piperidine rings is 1. The lowest BCUT2D eigenvalue weighted by Gasteiger charge is -2.31. The summed E-state index contributed by atoms with van der Waals surface area (Å²) < 4.78 is 54.9. The van der Waals surface area contributed by atoms with Crippen LogP contribution in [-0.4, -0.2) is 57.5 Å². The molecule has 0 aromatic heterocycles. The summed E-state index contributed by atoms with van der Waals surface area (Å²) in [5.74, 6) is -1.04. The zero-order valence-corrected chi connectivity index (χ0v) is 23.5. The van der Waals surface area contributed by atoms with Crippen LogP contribution >= 0.6 is 23.2 Å². The standard InChI is InChI=1S/C25H31Cl2N3O5S2/c26-23-12-7-19(16-24(23)27)18-36(32,33)30-15-5-6-20(17-30)25(31)28-21-8-10-22(11-9-21)37(34,35)29-13-3-1-2-4-14-29/h7-12,16,20H,1-6,13-15,17-18H2,(H,28,31)/t20-/m1/s1. The van der Waals surface area contributed by atoms with E-state index in [4.69, 9.17) is 23.2 Å². The van der Waals surface area contributed by atoms with Crippen LogP contribution in [0, 0.1) is 5.92 Å². The highest BCUT2D eigenvalue weighted by molar-refractivity contribution is 7.89. The van der Waals surface area contributed by atoms with E-state index in [2.05, 4.69) is 5.32 Å². The van der Waals surface area contributed by atoms with E-state index in [-0.39, 0.29) is 28.1 Å². The third-order valence-corrected chi connectivity index (χ3v) is 11.3. The largest absolute Gasteiger partial charge is 0.326 e. The first kappa shape index (κ1) is 28.3. The minimum atomic E-state index is -3.66. The molecule has 1 amide bonds. The van der Waals surface area contributed by atoms with Crippen molar-refractivity contribution in [3.8, 4) is 0 Å². The van der Waals surface area contributed by atoms with Crippen LogP contribution in [0.5, 0.6) is 0 Å². The number of anilines is 1. The van der Waals surface area contributed by atoms with Crippen molar-refractivity contribution in [1.29, 1.82) is 0 Å². The predicted molar refractivity (Wildman–Crippen MR) is 146 cm³/mol. The first-order valence-electron chi connectivity index (χ1n) is 12.4. The Morgan fingerprint density at radius 2 is 1.49 bits per heavy atom. The van der Waals surface area contributed by atoms with Crippen LogP contribution in [0.1, 0.15) is 44.1 Å². The molecule has 8 nitrogen and oxygen atoms in total. The van der Waals surface area contributed by atoms with Gasteiger partial charge in [-0.2, -0.15) is 4.31 Å². The fourth-order valence-corrected chi connectivity index (χ4v) is 8.16. The Morgan fingerprint density at radius 3 is 2.14 bits per heavy atom. The Balaban J connectivity index is 1.38. The second-order valence-corrected chi connectivity index (χ2v) is 14.3. The van der Waals surface area contributed by atoms with Crippen molar-refractivity contribution in [2.75, 3.05) is 31.5 Å². The molecule has 2 aromatic carbocycles. The Labute approximate surface area is 229 Å². The summed E-state index contributed by atoms with van der Waals surface area (Å²) in [5, 5.41) is 3.45. The maximum atomic E-state index is 13.0. The third-order valence-electron chi connectivity index (χ3n) is 6.81. The Morgan fingerprint density at radius 1 is 0.838 bits per heavy atom. The molecule has 2 aliphatic rings. The quantitative estimate of drug-likeness (QED) is 0.504. The second-order valence-electron chi connectivity index (χ2n) is 9.53. The molecule has 12 heteroatoms. The second kappa shape index (κ2) is 12.0. The minimum absolute atomic E-state index is 0.0803. The van der Waals surface area contributed by atoms with E-state index in [1.165, 1.54) is 26.8 Å². The van der Waals surface area contributed by atoms with E-state index >= 15 is 0 Å². The lowest BCUT2D eigenvalue weighted by atomic mass is 9.99. The van der Waals surface area contributed by atoms with Crippen LogP contribution in [0.15, 0.2) is 47.4 Å². The number of sulfonamides is 2. The molecular weight excluding hydrogens is 557 g/mol. The van der Waals surface area contributed by atoms with Crippen molar-refractivity contribution in [3.63, 3.8) is 0 Å². The maximum Gasteiger partial charge on any atom is 0.243 e. The number of nitrogens with zero attached hydrogens (tertiary/aromatic N) is 2. The molecule has 0 aliphatic carbocycles. The van der Waals surface area contributed by atoms with Crippen molar-refractivity contribution in [2.24, 2.45) is 5.92 Å². The Bertz CT molecular complexity index is 1330. The van der Waals surface area contributed by atoms with Gasteiger partial charge in [-0.25, -0.2) is 21.1 Å². The van der Waals surface area contributed by atoms with E-state index in [0.717, 1.165) is 25.7 Å². The van der Waals surface area contributed by atoms with Crippen LogP contribution in [-0.2, 0) is 30.6 Å². The van der Waals surface area contributed by atoms with Gasteiger partial charge in [0.05, 0.1) is 26.6 Å². The molecule has 0 bridgehead atoms. The number of hydrogen-bond acceptors (Lipinski definition) is 5. The monoisotopic (exact) mass is 587 g/mol. The van der Waals surface area contributed by atoms with Gasteiger partial charge >= 0.3 is 0 Å². The SMILES string of the molecule is O=C(Nc1ccc(S(=O)(=O)N2CCCCCC2)cc1)[C@@H]1CCCN(S(=O)(=O)Cc2ccc(Cl)c(Cl)c2)C1. The van der Waals surface area contributed by atoms with Crippen LogP contribution in [0.4, 0.5) is 5.69 Å². The molecule has 4 rings (SSSR count). The molecule has 2 heterocycles. The fraction of sp³-hybridized carbons (Fsp3) is 0.480. The van der Waals surface area contributed by atoms with Gasteiger partial charge in [0.2, 0.25) is 26.0 Å². The average Bonchev–Trinajstić information content (AvgIpc) is 3.17. The summed E-state index contributed by atoms with van der Waals surface area (Å²) >= 11 is 11.9. The number of amides is 1. The summed E-state index contributed by atoms with van der Waals surface area (Å²) in [6.07, 6.45) is 4.90. The number of benzene rings is 2. The van der Waals surface area contributed by atoms with Crippen LogP contribution in [0.25, 0.3) is 0 Å². The third kappa shape index (κ3) is 7.04. The molecule has 202 valence electrons. The Kier molecular flexibility index (Phi) is 9.19. The Hall–Kier alpha value is -1.69. The molecule has 0 spiro atoms. The van der Waals surface area contributed by atoms with E-state index in [0.29, 0.717) is 48.7 Å². The van der Waals surface area contributed by atoms with Crippen molar-refractivity contribution >= 4 is 54.8 Å². The normalized spacial score (nSPS) is 20.3. The highest BCUT2D eigenvalue weighted by Gasteiger charge is 2.33. The predicted octanol–water partition coefficient (Wildman–Crippen LogP) is 4.74. The number of nitrogens with one attached hydrogen (secondary N) is 1. The zero-order chi connectivity index (χ0) is 26.6. The molecule has 2 saturated heterocycles. The van der Waals surface area contributed by atoms with E-state index in [1.807, 2.05) is 0 Å². The molecule has 0 unspecified atom stereocenters. The first-order valence-corrected chi connectivity index (χ1v) is 16.2. The number of carbonyl (C=O) groups is 1. The number of rotatable bonds is 7. The summed E-state index contributed by atoms with van der Waals surface area (Å²) in [4.78, 5) is 13.2. The molecule has 2 aliphatic heterocycles. The van der Waals surface area contributed by atoms with Gasteiger partial charge in [0.15, 0.2) is 0 Å². The summed E-state index contributed by atoms with van der Waals surface area (Å²) in [6.45, 7) is 1.47. The first-order chi connectivity index (χ1) is 17.6. The van der Waals surface area contributed by atoms with Crippen LogP contribution in [0.2, 0.25) is 10.0 Å². The van der Waals surface area contributed by atoms with Gasteiger partial charge in [0.1, 0.15) is 0 Å². The van der Waals surface area contributed by atoms with Crippen molar-refractivity contribution in [3.05, 3.63) is 58.1 Å². The van der Waals surface area contributed by atoms with Crippen molar-refractivity contribution < 1.29 is 21.6 Å². The maximum absolute atomic E-state index is 13.0. The van der Waals surface area contributed by atoms with Gasteiger partial charge in [-0.3, -0.25) is 4.79 Å². The molecule has 1 atom stereocenters. The van der Waals surface area contributed by atoms with E-state index in [9.17, 15) is 21.6 Å². The topological polar surface area (TPSA) is 104 Å². The zero-order valence-electron chi connectivity index (χ0n) is 20.4. The molecular formula is C25H31Cl2N3O5S2. The molecule has 2 aromatic rings. The summed E-state index contributed by atoms with van der Waals surface area (Å²) in [5.41, 5.74) is 0.992. The number of hydrogen-bond donors (Lipinski definition) is 1. The van der Waals surface area contributed by atoms with Gasteiger partial charge in [0.25, 0.3) is 0 Å². The lowest BCUT2D eigenvalue weighted by molar-refractivity contribution is -0.120. The number of halogens is 2. The average molecular weight is 589 g/mol. The van der Waals surface area contributed by atoms with Crippen LogP contribution in [0.3, 0.4) is 0 Å². The van der Waals surface area contributed by atoms with Crippen LogP contribution < -0.4 is 5.32 Å². The molecule has 2 fully saturated rings. The van der Waals surface area contributed by atoms with Gasteiger partial charge < -0.3 is 5.32 Å². The molecule has 0 radical (unpaired) electrons. The van der Waals surface area contributed by atoms with Crippen molar-refractivity contribution in [2.45, 2.75) is 49.2 Å². The highest BCUT2D eigenvalue weighted by atomic mass is 35.5. The van der Waals surface area contributed by atoms with Gasteiger partial charge in [-0.1, -0.05) is 42.1 Å². The summed E-state index contributed by atoms with van der Waals surface area (Å²) in [6, 6.07) is 10.9. The highest BCUT2D eigenvalue weighted by Crippen LogP contribution is 2.27. The molecule has 37 heavy (non-hydrogen) atoms. The fourth-order valence-electron chi connectivity index (χ4n) is 4.73. The van der Waals surface area contributed by atoms with Gasteiger partial charge in [-0.15, -0.1) is 0 Å². The van der Waals surface area contributed by atoms with Gasteiger partial charge in [-0.05, 0) is 67.6 Å². The number of carbonyl (C=O) groups excluding carboxylic acids is 1. The molecule has 1 N–H and O–H groups in total. The van der Waals surface area contributed by atoms with E-state index in [1.54, 1.807) is 24.3 Å². The van der Waals surface area contributed by atoms with E-state index < -0.39 is 26.0 Å². The summed E-state index contributed by atoms with van der Waals surface area (Å²) in [7, 11) is -7.23. The molecule has 0 saturated carbocycles. The minimum Gasteiger partial charge on any atom is -0.326 e.